The number of nitrogens with one attached hydrogen (secondary N) is 2. The lowest BCUT2D eigenvalue weighted by Crippen LogP contribution is -2.45. The summed E-state index contributed by atoms with van der Waals surface area (Å²) in [6.07, 6.45) is 7.02. The van der Waals surface area contributed by atoms with Crippen molar-refractivity contribution in [3.63, 3.8) is 0 Å². The predicted molar refractivity (Wildman–Crippen MR) is 111 cm³/mol. The topological polar surface area (TPSA) is 56.7 Å². The molecule has 2 unspecified atom stereocenters. The zero-order valence-electron chi connectivity index (χ0n) is 14.2. The maximum absolute atomic E-state index is 13.4. The Kier molecular flexibility index (Phi) is 9.80. The van der Waals surface area contributed by atoms with Gasteiger partial charge in [0, 0.05) is 17.8 Å². The molecule has 24 heavy (non-hydrogen) atoms. The first kappa shape index (κ1) is 21.3. The number of halogens is 2. The van der Waals surface area contributed by atoms with Crippen molar-refractivity contribution in [2.45, 2.75) is 50.4 Å². The second-order valence-electron chi connectivity index (χ2n) is 5.85. The van der Waals surface area contributed by atoms with Crippen LogP contribution in [-0.2, 0) is 6.54 Å². The van der Waals surface area contributed by atoms with E-state index in [-0.39, 0.29) is 29.7 Å². The molecule has 2 atom stereocenters. The number of aliphatic imine (C=N–C) groups is 1. The molecular formula is C17H27FIN3OS. The van der Waals surface area contributed by atoms with E-state index in [0.29, 0.717) is 12.6 Å². The van der Waals surface area contributed by atoms with Crippen molar-refractivity contribution in [1.29, 1.82) is 0 Å². The number of benzene rings is 1. The lowest BCUT2D eigenvalue weighted by molar-refractivity contribution is 0.419. The van der Waals surface area contributed by atoms with Crippen molar-refractivity contribution in [1.82, 2.24) is 10.6 Å². The molecule has 0 saturated heterocycles. The Balaban J connectivity index is 0.00000288. The first-order chi connectivity index (χ1) is 11.1. The maximum atomic E-state index is 13.4. The van der Waals surface area contributed by atoms with Gasteiger partial charge in [0.2, 0.25) is 0 Å². The molecule has 0 aromatic heterocycles. The van der Waals surface area contributed by atoms with Crippen LogP contribution < -0.4 is 10.6 Å². The standard InChI is InChI=1S/C17H26FN3OS.HI/c1-3-19-17(21-13-5-4-6-14(10-13)23-2)20-11-12-7-8-16(22)15(18)9-12;/h7-9,13-14,22H,3-6,10-11H2,1-2H3,(H2,19,20,21);1H. The second-order valence-corrected chi connectivity index (χ2v) is 6.98. The molecule has 0 aliphatic heterocycles. The highest BCUT2D eigenvalue weighted by molar-refractivity contribution is 14.0. The van der Waals surface area contributed by atoms with Crippen LogP contribution in [0, 0.1) is 5.82 Å². The summed E-state index contributed by atoms with van der Waals surface area (Å²) in [5, 5.41) is 16.7. The minimum absolute atomic E-state index is 0. The molecule has 0 bridgehead atoms. The SMILES string of the molecule is CCNC(=NCc1ccc(O)c(F)c1)NC1CCCC(SC)C1.I. The van der Waals surface area contributed by atoms with E-state index in [9.17, 15) is 9.50 Å². The van der Waals surface area contributed by atoms with Crippen LogP contribution in [0.4, 0.5) is 4.39 Å². The third kappa shape index (κ3) is 6.66. The summed E-state index contributed by atoms with van der Waals surface area (Å²) < 4.78 is 13.4. The molecule has 7 heteroatoms. The van der Waals surface area contributed by atoms with Crippen LogP contribution >= 0.6 is 35.7 Å². The van der Waals surface area contributed by atoms with Crippen LogP contribution in [0.5, 0.6) is 5.75 Å². The van der Waals surface area contributed by atoms with Gasteiger partial charge in [-0.3, -0.25) is 0 Å². The van der Waals surface area contributed by atoms with Gasteiger partial charge in [-0.25, -0.2) is 9.38 Å². The molecular weight excluding hydrogens is 440 g/mol. The number of guanidine groups is 1. The Bertz CT molecular complexity index is 545. The van der Waals surface area contributed by atoms with Crippen molar-refractivity contribution in [2.75, 3.05) is 12.8 Å². The average molecular weight is 467 g/mol. The Labute approximate surface area is 165 Å². The zero-order valence-corrected chi connectivity index (χ0v) is 17.4. The summed E-state index contributed by atoms with van der Waals surface area (Å²) >= 11 is 1.94. The first-order valence-electron chi connectivity index (χ1n) is 8.17. The van der Waals surface area contributed by atoms with Gasteiger partial charge in [-0.2, -0.15) is 11.8 Å². The molecule has 1 fully saturated rings. The van der Waals surface area contributed by atoms with E-state index in [1.54, 1.807) is 6.07 Å². The maximum Gasteiger partial charge on any atom is 0.191 e. The highest BCUT2D eigenvalue weighted by Gasteiger charge is 2.21. The van der Waals surface area contributed by atoms with E-state index in [1.165, 1.54) is 25.0 Å². The van der Waals surface area contributed by atoms with E-state index in [4.69, 9.17) is 0 Å². The van der Waals surface area contributed by atoms with Crippen molar-refractivity contribution < 1.29 is 9.50 Å². The van der Waals surface area contributed by atoms with Gasteiger partial charge in [0.25, 0.3) is 0 Å². The number of phenolic OH excluding ortho intramolecular Hbond substituents is 1. The fourth-order valence-electron chi connectivity index (χ4n) is 2.82. The molecule has 1 aliphatic rings. The first-order valence-corrected chi connectivity index (χ1v) is 9.46. The number of thioether (sulfide) groups is 1. The van der Waals surface area contributed by atoms with E-state index >= 15 is 0 Å². The number of aromatic hydroxyl groups is 1. The Morgan fingerprint density at radius 2 is 2.21 bits per heavy atom. The average Bonchev–Trinajstić information content (AvgIpc) is 2.56. The van der Waals surface area contributed by atoms with Crippen LogP contribution in [0.15, 0.2) is 23.2 Å². The minimum Gasteiger partial charge on any atom is -0.505 e. The number of hydrogen-bond acceptors (Lipinski definition) is 3. The summed E-state index contributed by atoms with van der Waals surface area (Å²) in [4.78, 5) is 4.54. The quantitative estimate of drug-likeness (QED) is 0.350. The molecule has 0 spiro atoms. The molecule has 136 valence electrons. The van der Waals surface area contributed by atoms with Gasteiger partial charge in [0.15, 0.2) is 17.5 Å². The van der Waals surface area contributed by atoms with Gasteiger partial charge in [-0.15, -0.1) is 24.0 Å². The summed E-state index contributed by atoms with van der Waals surface area (Å²) in [7, 11) is 0. The van der Waals surface area contributed by atoms with Crippen molar-refractivity contribution in [3.8, 4) is 5.75 Å². The van der Waals surface area contributed by atoms with E-state index in [2.05, 4.69) is 21.9 Å². The third-order valence-electron chi connectivity index (χ3n) is 4.08. The van der Waals surface area contributed by atoms with Gasteiger partial charge in [0.1, 0.15) is 0 Å². The van der Waals surface area contributed by atoms with Crippen LogP contribution in [0.1, 0.15) is 38.2 Å². The molecule has 1 saturated carbocycles. The summed E-state index contributed by atoms with van der Waals surface area (Å²) in [5.74, 6) is -0.161. The lowest BCUT2D eigenvalue weighted by Gasteiger charge is -2.29. The van der Waals surface area contributed by atoms with Gasteiger partial charge >= 0.3 is 0 Å². The fraction of sp³-hybridized carbons (Fsp3) is 0.588. The van der Waals surface area contributed by atoms with Crippen molar-refractivity contribution in [2.24, 2.45) is 4.99 Å². The van der Waals surface area contributed by atoms with E-state index < -0.39 is 5.82 Å². The molecule has 1 aliphatic carbocycles. The Morgan fingerprint density at radius 1 is 1.42 bits per heavy atom. The Hall–Kier alpha value is -0.700. The van der Waals surface area contributed by atoms with Crippen LogP contribution in [-0.4, -0.2) is 35.2 Å². The smallest absolute Gasteiger partial charge is 0.191 e. The highest BCUT2D eigenvalue weighted by atomic mass is 127. The largest absolute Gasteiger partial charge is 0.505 e. The third-order valence-corrected chi connectivity index (χ3v) is 5.17. The molecule has 2 rings (SSSR count). The van der Waals surface area contributed by atoms with E-state index in [1.807, 2.05) is 18.7 Å². The van der Waals surface area contributed by atoms with E-state index in [0.717, 1.165) is 36.2 Å². The lowest BCUT2D eigenvalue weighted by atomic mass is 9.95. The molecule has 1 aromatic carbocycles. The summed E-state index contributed by atoms with van der Waals surface area (Å²) in [5.41, 5.74) is 0.739. The molecule has 4 nitrogen and oxygen atoms in total. The summed E-state index contributed by atoms with van der Waals surface area (Å²) in [6, 6.07) is 4.82. The van der Waals surface area contributed by atoms with Gasteiger partial charge in [-0.1, -0.05) is 12.5 Å². The van der Waals surface area contributed by atoms with Gasteiger partial charge in [0.05, 0.1) is 6.54 Å². The predicted octanol–water partition coefficient (Wildman–Crippen LogP) is 3.88. The van der Waals surface area contributed by atoms with Gasteiger partial charge in [-0.05, 0) is 50.1 Å². The second kappa shape index (κ2) is 11.0. The normalized spacial score (nSPS) is 21.0. The van der Waals surface area contributed by atoms with Gasteiger partial charge < -0.3 is 15.7 Å². The Morgan fingerprint density at radius 3 is 2.88 bits per heavy atom. The number of hydrogen-bond donors (Lipinski definition) is 3. The van der Waals surface area contributed by atoms with Crippen LogP contribution in [0.2, 0.25) is 0 Å². The van der Waals surface area contributed by atoms with Crippen molar-refractivity contribution >= 4 is 41.7 Å². The molecule has 0 radical (unpaired) electrons. The highest BCUT2D eigenvalue weighted by Crippen LogP contribution is 2.26. The summed E-state index contributed by atoms with van der Waals surface area (Å²) in [6.45, 7) is 3.20. The molecule has 1 aromatic rings. The number of phenols is 1. The molecule has 3 N–H and O–H groups in total. The van der Waals surface area contributed by atoms with Crippen molar-refractivity contribution in [3.05, 3.63) is 29.6 Å². The van der Waals surface area contributed by atoms with Crippen LogP contribution in [0.25, 0.3) is 0 Å². The fourth-order valence-corrected chi connectivity index (χ4v) is 3.65. The zero-order chi connectivity index (χ0) is 16.7. The molecule has 0 heterocycles. The number of rotatable bonds is 5. The number of nitrogens with zero attached hydrogens (tertiary/aromatic N) is 1. The van der Waals surface area contributed by atoms with Crippen LogP contribution in [0.3, 0.4) is 0 Å². The minimum atomic E-state index is -0.606. The monoisotopic (exact) mass is 467 g/mol. The molecule has 0 amide bonds.